The molecule has 2 fully saturated rings. The molecule has 32 heavy (non-hydrogen) atoms. The number of nitrogens with two attached hydrogens (primary N) is 1. The molecule has 3 aromatic rings. The van der Waals surface area contributed by atoms with Crippen molar-refractivity contribution in [2.75, 3.05) is 31.1 Å². The Balaban J connectivity index is 0.000000567. The Bertz CT molecular complexity index is 1130. The van der Waals surface area contributed by atoms with E-state index >= 15 is 0 Å². The molecule has 1 aromatic carbocycles. The largest absolute Gasteiger partial charge is 0.760 e. The maximum Gasteiger partial charge on any atom is 0.261 e. The van der Waals surface area contributed by atoms with E-state index in [-0.39, 0.29) is 23.8 Å². The Morgan fingerprint density at radius 1 is 1.28 bits per heavy atom. The zero-order valence-electron chi connectivity index (χ0n) is 17.1. The van der Waals surface area contributed by atoms with E-state index in [1.54, 1.807) is 18.5 Å². The monoisotopic (exact) mass is 461 g/mol. The standard InChI is InChI=1S/C20H20FN5O2.H3NO2S/c21-15-3-1-2-4-16(15)28-11-17(27)26-10-9-25(12-20(26)6-7-20)19-14-5-8-22-18(14)23-13-24-19;1-4(2)3/h1-5,8,13H,6-7,9-12H2,(H,22,23,24);1H2,(H,2,3)/p-1. The van der Waals surface area contributed by atoms with Gasteiger partial charge in [0.15, 0.2) is 18.2 Å². The molecule has 1 saturated carbocycles. The maximum atomic E-state index is 13.7. The Hall–Kier alpha value is -3.09. The smallest absolute Gasteiger partial charge is 0.261 e. The number of benzene rings is 1. The number of rotatable bonds is 4. The Labute approximate surface area is 186 Å². The molecular weight excluding hydrogens is 439 g/mol. The quantitative estimate of drug-likeness (QED) is 0.554. The highest BCUT2D eigenvalue weighted by atomic mass is 32.2. The third-order valence-electron chi connectivity index (χ3n) is 5.60. The first kappa shape index (κ1) is 22.1. The zero-order valence-corrected chi connectivity index (χ0v) is 17.9. The summed E-state index contributed by atoms with van der Waals surface area (Å²) < 4.78 is 36.7. The number of carbonyl (C=O) groups excluding carboxylic acids is 1. The lowest BCUT2D eigenvalue weighted by atomic mass is 10.1. The predicted octanol–water partition coefficient (Wildman–Crippen LogP) is 1.10. The number of piperazine rings is 1. The summed E-state index contributed by atoms with van der Waals surface area (Å²) in [4.78, 5) is 28.7. The molecule has 1 amide bonds. The first-order valence-corrected chi connectivity index (χ1v) is 11.1. The highest BCUT2D eigenvalue weighted by molar-refractivity contribution is 7.76. The molecule has 170 valence electrons. The van der Waals surface area contributed by atoms with Crippen molar-refractivity contribution in [3.8, 4) is 5.75 Å². The predicted molar refractivity (Wildman–Crippen MR) is 115 cm³/mol. The van der Waals surface area contributed by atoms with Gasteiger partial charge in [0.1, 0.15) is 17.8 Å². The van der Waals surface area contributed by atoms with Gasteiger partial charge in [-0.15, -0.1) is 0 Å². The van der Waals surface area contributed by atoms with Gasteiger partial charge in [-0.3, -0.25) is 14.1 Å². The minimum Gasteiger partial charge on any atom is -0.760 e. The SMILES string of the molecule is NS(=O)[O-].O=C(COc1ccccc1F)N1CCN(c2ncnc3[nH]ccc23)CC12CC2. The van der Waals surface area contributed by atoms with Crippen LogP contribution in [0.2, 0.25) is 0 Å². The van der Waals surface area contributed by atoms with Gasteiger partial charge >= 0.3 is 0 Å². The number of para-hydroxylation sites is 1. The molecule has 0 bridgehead atoms. The van der Waals surface area contributed by atoms with Gasteiger partial charge in [-0.1, -0.05) is 12.1 Å². The fraction of sp³-hybridized carbons (Fsp3) is 0.350. The minimum atomic E-state index is -2.36. The maximum absolute atomic E-state index is 13.7. The van der Waals surface area contributed by atoms with Crippen LogP contribution in [0.4, 0.5) is 10.2 Å². The van der Waals surface area contributed by atoms with E-state index in [1.807, 2.05) is 17.2 Å². The van der Waals surface area contributed by atoms with Crippen LogP contribution in [0, 0.1) is 5.82 Å². The number of H-pyrrole nitrogens is 1. The zero-order chi connectivity index (χ0) is 22.7. The molecule has 3 heterocycles. The molecule has 0 radical (unpaired) electrons. The Morgan fingerprint density at radius 3 is 2.75 bits per heavy atom. The number of ether oxygens (including phenoxy) is 1. The number of carbonyl (C=O) groups is 1. The van der Waals surface area contributed by atoms with Gasteiger partial charge in [-0.05, 0) is 31.0 Å². The molecule has 5 rings (SSSR count). The van der Waals surface area contributed by atoms with Gasteiger partial charge in [-0.2, -0.15) is 0 Å². The van der Waals surface area contributed by atoms with Crippen molar-refractivity contribution in [2.45, 2.75) is 18.4 Å². The number of amides is 1. The topological polar surface area (TPSA) is 140 Å². The van der Waals surface area contributed by atoms with Crippen LogP contribution >= 0.6 is 0 Å². The number of fused-ring (bicyclic) bond motifs is 1. The molecule has 1 saturated heterocycles. The van der Waals surface area contributed by atoms with E-state index < -0.39 is 17.1 Å². The van der Waals surface area contributed by atoms with Crippen molar-refractivity contribution < 1.29 is 22.7 Å². The van der Waals surface area contributed by atoms with Crippen LogP contribution in [-0.4, -0.2) is 66.3 Å². The number of hydrogen-bond donors (Lipinski definition) is 2. The summed E-state index contributed by atoms with van der Waals surface area (Å²) in [7, 11) is 0. The number of aromatic amines is 1. The molecule has 1 unspecified atom stereocenters. The lowest BCUT2D eigenvalue weighted by Crippen LogP contribution is -2.58. The molecule has 3 N–H and O–H groups in total. The molecule has 1 atom stereocenters. The van der Waals surface area contributed by atoms with Crippen LogP contribution in [0.25, 0.3) is 11.0 Å². The van der Waals surface area contributed by atoms with Gasteiger partial charge in [0.05, 0.1) is 10.9 Å². The number of nitrogens with one attached hydrogen (secondary N) is 1. The summed E-state index contributed by atoms with van der Waals surface area (Å²) in [5, 5.41) is 5.01. The summed E-state index contributed by atoms with van der Waals surface area (Å²) in [6.45, 7) is 1.86. The summed E-state index contributed by atoms with van der Waals surface area (Å²) in [5.41, 5.74) is 0.633. The van der Waals surface area contributed by atoms with Gasteiger partial charge in [-0.25, -0.2) is 14.4 Å². The second-order valence-corrected chi connectivity index (χ2v) is 8.13. The highest BCUT2D eigenvalue weighted by Crippen LogP contribution is 2.45. The van der Waals surface area contributed by atoms with Crippen molar-refractivity contribution in [3.05, 3.63) is 48.7 Å². The average Bonchev–Trinajstić information content (AvgIpc) is 3.33. The van der Waals surface area contributed by atoms with Crippen molar-refractivity contribution in [1.29, 1.82) is 0 Å². The first-order chi connectivity index (χ1) is 15.4. The number of anilines is 1. The summed E-state index contributed by atoms with van der Waals surface area (Å²) in [6.07, 6.45) is 5.33. The molecule has 2 aliphatic rings. The van der Waals surface area contributed by atoms with Crippen LogP contribution in [0.15, 0.2) is 42.9 Å². The fourth-order valence-electron chi connectivity index (χ4n) is 4.01. The summed E-state index contributed by atoms with van der Waals surface area (Å²) in [5.74, 6) is 0.442. The number of nitrogens with zero attached hydrogens (tertiary/aromatic N) is 4. The minimum absolute atomic E-state index is 0.102. The van der Waals surface area contributed by atoms with Crippen molar-refractivity contribution in [3.63, 3.8) is 0 Å². The Kier molecular flexibility index (Phi) is 6.35. The molecule has 10 nitrogen and oxygen atoms in total. The molecule has 2 aromatic heterocycles. The summed E-state index contributed by atoms with van der Waals surface area (Å²) in [6, 6.07) is 8.11. The van der Waals surface area contributed by atoms with E-state index in [4.69, 9.17) is 13.5 Å². The molecule has 1 aliphatic heterocycles. The van der Waals surface area contributed by atoms with E-state index in [1.165, 1.54) is 12.1 Å². The van der Waals surface area contributed by atoms with E-state index in [2.05, 4.69) is 25.0 Å². The van der Waals surface area contributed by atoms with Crippen LogP contribution in [0.5, 0.6) is 5.75 Å². The van der Waals surface area contributed by atoms with Crippen LogP contribution in [-0.2, 0) is 16.1 Å². The van der Waals surface area contributed by atoms with Crippen molar-refractivity contribution >= 4 is 34.0 Å². The van der Waals surface area contributed by atoms with Crippen LogP contribution in [0.3, 0.4) is 0 Å². The van der Waals surface area contributed by atoms with Crippen LogP contribution in [0.1, 0.15) is 12.8 Å². The van der Waals surface area contributed by atoms with Gasteiger partial charge in [0, 0.05) is 37.1 Å². The Morgan fingerprint density at radius 2 is 2.03 bits per heavy atom. The number of aromatic nitrogens is 3. The van der Waals surface area contributed by atoms with E-state index in [0.29, 0.717) is 13.1 Å². The fourth-order valence-corrected chi connectivity index (χ4v) is 4.01. The molecule has 12 heteroatoms. The van der Waals surface area contributed by atoms with Crippen LogP contribution < -0.4 is 14.8 Å². The third kappa shape index (κ3) is 4.71. The van der Waals surface area contributed by atoms with Gasteiger partial charge < -0.3 is 24.1 Å². The summed E-state index contributed by atoms with van der Waals surface area (Å²) >= 11 is -2.36. The van der Waals surface area contributed by atoms with E-state index in [9.17, 15) is 9.18 Å². The number of halogens is 1. The van der Waals surface area contributed by atoms with Gasteiger partial charge in [0.2, 0.25) is 0 Å². The number of hydrogen-bond acceptors (Lipinski definition) is 7. The van der Waals surface area contributed by atoms with Crippen molar-refractivity contribution in [2.24, 2.45) is 5.14 Å². The van der Waals surface area contributed by atoms with E-state index in [0.717, 1.165) is 36.2 Å². The highest BCUT2D eigenvalue weighted by Gasteiger charge is 2.53. The lowest BCUT2D eigenvalue weighted by molar-refractivity contribution is -0.137. The first-order valence-electron chi connectivity index (χ1n) is 9.94. The van der Waals surface area contributed by atoms with Gasteiger partial charge in [0.25, 0.3) is 5.91 Å². The normalized spacial score (nSPS) is 17.6. The third-order valence-corrected chi connectivity index (χ3v) is 5.60. The average molecular weight is 461 g/mol. The molecule has 1 spiro atoms. The van der Waals surface area contributed by atoms with Crippen molar-refractivity contribution in [1.82, 2.24) is 19.9 Å². The second-order valence-electron chi connectivity index (χ2n) is 7.61. The molecule has 1 aliphatic carbocycles. The second kappa shape index (κ2) is 9.18. The lowest BCUT2D eigenvalue weighted by Gasteiger charge is -2.42. The molecular formula is C20H22FN6O4S-.